The van der Waals surface area contributed by atoms with Crippen LogP contribution in [0.1, 0.15) is 0 Å². The number of para-hydroxylation sites is 4. The highest BCUT2D eigenvalue weighted by molar-refractivity contribution is 6.03. The summed E-state index contributed by atoms with van der Waals surface area (Å²) < 4.78 is 4.54. The second-order valence-electron chi connectivity index (χ2n) is 15.3. The summed E-state index contributed by atoms with van der Waals surface area (Å²) in [6.45, 7) is 0. The predicted octanol–water partition coefficient (Wildman–Crippen LogP) is 13.9. The van der Waals surface area contributed by atoms with Crippen LogP contribution < -0.4 is 0 Å². The number of imidazole rings is 2. The molecule has 280 valence electrons. The normalized spacial score (nSPS) is 11.7. The average molecular weight is 766 g/mol. The molecule has 0 atom stereocenters. The molecule has 0 fully saturated rings. The van der Waals surface area contributed by atoms with E-state index in [9.17, 15) is 0 Å². The van der Waals surface area contributed by atoms with Crippen molar-refractivity contribution in [2.75, 3.05) is 0 Å². The molecule has 12 rings (SSSR count). The van der Waals surface area contributed by atoms with Gasteiger partial charge in [-0.1, -0.05) is 140 Å². The molecule has 0 spiro atoms. The zero-order valence-electron chi connectivity index (χ0n) is 32.4. The van der Waals surface area contributed by atoms with E-state index in [1.54, 1.807) is 0 Å². The number of hydrogen-bond donors (Lipinski definition) is 0. The van der Waals surface area contributed by atoms with Crippen molar-refractivity contribution in [3.63, 3.8) is 0 Å². The van der Waals surface area contributed by atoms with Crippen molar-refractivity contribution in [3.05, 3.63) is 212 Å². The fraction of sp³-hybridized carbons (Fsp3) is 0. The summed E-state index contributed by atoms with van der Waals surface area (Å²) in [5, 5.41) is 5.93. The average Bonchev–Trinajstić information content (AvgIpc) is 3.91. The van der Waals surface area contributed by atoms with Crippen molar-refractivity contribution < 1.29 is 0 Å². The number of nitrogens with zero attached hydrogens (tertiary/aromatic N) is 5. The summed E-state index contributed by atoms with van der Waals surface area (Å²) in [5.74, 6) is 1.84. The maximum atomic E-state index is 5.14. The first-order chi connectivity index (χ1) is 29.7. The van der Waals surface area contributed by atoms with Gasteiger partial charge in [0.05, 0.1) is 27.6 Å². The number of benzene rings is 9. The molecule has 0 saturated carbocycles. The van der Waals surface area contributed by atoms with Crippen molar-refractivity contribution in [1.29, 1.82) is 0 Å². The van der Waals surface area contributed by atoms with Gasteiger partial charge in [0.15, 0.2) is 0 Å². The summed E-state index contributed by atoms with van der Waals surface area (Å²) in [4.78, 5) is 15.2. The van der Waals surface area contributed by atoms with E-state index < -0.39 is 0 Å². The Labute approximate surface area is 346 Å². The van der Waals surface area contributed by atoms with E-state index in [2.05, 4.69) is 203 Å². The second kappa shape index (κ2) is 13.8. The molecule has 0 aliphatic heterocycles. The molecule has 0 amide bonds. The Morgan fingerprint density at radius 3 is 1.33 bits per heavy atom. The fourth-order valence-electron chi connectivity index (χ4n) is 8.86. The molecule has 5 nitrogen and oxygen atoms in total. The van der Waals surface area contributed by atoms with Gasteiger partial charge in [-0.15, -0.1) is 0 Å². The summed E-state index contributed by atoms with van der Waals surface area (Å²) in [7, 11) is 0. The Hall–Kier alpha value is -8.15. The molecule has 0 saturated heterocycles. The van der Waals surface area contributed by atoms with Crippen molar-refractivity contribution in [2.45, 2.75) is 0 Å². The summed E-state index contributed by atoms with van der Waals surface area (Å²) in [6, 6.07) is 73.1. The van der Waals surface area contributed by atoms with Crippen molar-refractivity contribution in [3.8, 4) is 56.4 Å². The van der Waals surface area contributed by atoms with Crippen LogP contribution in [0.5, 0.6) is 0 Å². The van der Waals surface area contributed by atoms with E-state index >= 15 is 0 Å². The second-order valence-corrected chi connectivity index (χ2v) is 15.3. The summed E-state index contributed by atoms with van der Waals surface area (Å²) in [5.41, 5.74) is 13.8. The fourth-order valence-corrected chi connectivity index (χ4v) is 8.86. The Bertz CT molecular complexity index is 3360. The minimum Gasteiger partial charge on any atom is -0.292 e. The third-order valence-electron chi connectivity index (χ3n) is 11.8. The first-order valence-electron chi connectivity index (χ1n) is 20.3. The third kappa shape index (κ3) is 5.59. The zero-order chi connectivity index (χ0) is 39.6. The molecule has 9 aromatic carbocycles. The SMILES string of the molecule is c1ccc2cc(-c3nc4ccccc4n3-c3ccc(-c4ccc(-c5ccc(-n6c(-c7ccc8ccccc8c7)nc7ccccc76)cc5)c5ncccc45)cc3)ccc2c1. The van der Waals surface area contributed by atoms with Crippen LogP contribution in [0, 0.1) is 0 Å². The van der Waals surface area contributed by atoms with Crippen LogP contribution in [0.2, 0.25) is 0 Å². The van der Waals surface area contributed by atoms with Gasteiger partial charge in [0, 0.05) is 39.6 Å². The molecule has 3 heterocycles. The van der Waals surface area contributed by atoms with Crippen LogP contribution in [0.3, 0.4) is 0 Å². The topological polar surface area (TPSA) is 48.5 Å². The molecule has 0 unspecified atom stereocenters. The standard InChI is InChI=1S/C55H35N5/c1-3-12-40-34-42(21-19-36(40)10-1)54-57-49-15-5-7-17-51(49)59(54)44-27-23-38(24-28-44)46-31-32-47(53-48(46)14-9-33-56-53)39-25-29-45(30-26-39)60-52-18-8-6-16-50(52)58-55(60)43-22-20-37-11-2-4-13-41(37)35-43/h1-35H. The van der Waals surface area contributed by atoms with Gasteiger partial charge in [-0.3, -0.25) is 14.1 Å². The Kier molecular flexibility index (Phi) is 7.78. The Morgan fingerprint density at radius 1 is 0.333 bits per heavy atom. The number of aromatic nitrogens is 5. The lowest BCUT2D eigenvalue weighted by molar-refractivity contribution is 1.10. The molecular formula is C55H35N5. The lowest BCUT2D eigenvalue weighted by Gasteiger charge is -2.14. The van der Waals surface area contributed by atoms with Crippen LogP contribution in [0.25, 0.3) is 111 Å². The summed E-state index contributed by atoms with van der Waals surface area (Å²) in [6.07, 6.45) is 1.89. The molecule has 12 aromatic rings. The number of pyridine rings is 1. The summed E-state index contributed by atoms with van der Waals surface area (Å²) >= 11 is 0. The molecule has 0 aliphatic rings. The highest BCUT2D eigenvalue weighted by Crippen LogP contribution is 2.38. The smallest absolute Gasteiger partial charge is 0.145 e. The van der Waals surface area contributed by atoms with Crippen molar-refractivity contribution >= 4 is 54.5 Å². The monoisotopic (exact) mass is 765 g/mol. The molecule has 0 radical (unpaired) electrons. The molecule has 0 aliphatic carbocycles. The third-order valence-corrected chi connectivity index (χ3v) is 11.8. The highest BCUT2D eigenvalue weighted by atomic mass is 15.1. The lowest BCUT2D eigenvalue weighted by atomic mass is 9.94. The van der Waals surface area contributed by atoms with Gasteiger partial charge in [-0.25, -0.2) is 9.97 Å². The van der Waals surface area contributed by atoms with Gasteiger partial charge in [-0.05, 0) is 105 Å². The first kappa shape index (κ1) is 33.9. The van der Waals surface area contributed by atoms with E-state index in [-0.39, 0.29) is 0 Å². The molecule has 60 heavy (non-hydrogen) atoms. The van der Waals surface area contributed by atoms with Crippen LogP contribution in [0.4, 0.5) is 0 Å². The molecule has 0 bridgehead atoms. The van der Waals surface area contributed by atoms with Gasteiger partial charge in [0.25, 0.3) is 0 Å². The van der Waals surface area contributed by atoms with Gasteiger partial charge < -0.3 is 0 Å². The quantitative estimate of drug-likeness (QED) is 0.169. The Morgan fingerprint density at radius 2 is 0.783 bits per heavy atom. The zero-order valence-corrected chi connectivity index (χ0v) is 32.4. The number of fused-ring (bicyclic) bond motifs is 5. The number of hydrogen-bond acceptors (Lipinski definition) is 3. The van der Waals surface area contributed by atoms with Crippen LogP contribution in [-0.2, 0) is 0 Å². The van der Waals surface area contributed by atoms with E-state index in [0.717, 1.165) is 89.4 Å². The van der Waals surface area contributed by atoms with Crippen molar-refractivity contribution in [1.82, 2.24) is 24.1 Å². The minimum absolute atomic E-state index is 0.920. The van der Waals surface area contributed by atoms with Gasteiger partial charge in [0.2, 0.25) is 0 Å². The van der Waals surface area contributed by atoms with E-state index in [0.29, 0.717) is 0 Å². The van der Waals surface area contributed by atoms with Gasteiger partial charge in [0.1, 0.15) is 11.6 Å². The predicted molar refractivity (Wildman–Crippen MR) is 248 cm³/mol. The maximum absolute atomic E-state index is 5.14. The van der Waals surface area contributed by atoms with E-state index in [1.807, 2.05) is 18.3 Å². The molecule has 3 aromatic heterocycles. The minimum atomic E-state index is 0.920. The largest absolute Gasteiger partial charge is 0.292 e. The molecule has 5 heteroatoms. The van der Waals surface area contributed by atoms with Crippen molar-refractivity contribution in [2.24, 2.45) is 0 Å². The van der Waals surface area contributed by atoms with Crippen LogP contribution in [-0.4, -0.2) is 24.1 Å². The lowest BCUT2D eigenvalue weighted by Crippen LogP contribution is -1.98. The molecule has 0 N–H and O–H groups in total. The van der Waals surface area contributed by atoms with Gasteiger partial charge in [-0.2, -0.15) is 0 Å². The highest BCUT2D eigenvalue weighted by Gasteiger charge is 2.18. The first-order valence-corrected chi connectivity index (χ1v) is 20.3. The van der Waals surface area contributed by atoms with Crippen LogP contribution >= 0.6 is 0 Å². The van der Waals surface area contributed by atoms with Crippen LogP contribution in [0.15, 0.2) is 212 Å². The maximum Gasteiger partial charge on any atom is 0.145 e. The van der Waals surface area contributed by atoms with E-state index in [1.165, 1.54) is 21.5 Å². The molecular weight excluding hydrogens is 731 g/mol. The Balaban J connectivity index is 0.910. The van der Waals surface area contributed by atoms with Gasteiger partial charge >= 0.3 is 0 Å². The van der Waals surface area contributed by atoms with E-state index in [4.69, 9.17) is 15.0 Å². The number of rotatable bonds is 6.